The minimum absolute atomic E-state index is 0.150. The third kappa shape index (κ3) is 2.87. The minimum atomic E-state index is -0.334. The van der Waals surface area contributed by atoms with Crippen LogP contribution in [0.3, 0.4) is 0 Å². The number of benzene rings is 1. The predicted octanol–water partition coefficient (Wildman–Crippen LogP) is 2.54. The maximum absolute atomic E-state index is 11.0. The van der Waals surface area contributed by atoms with E-state index in [1.807, 2.05) is 6.07 Å². The average molecular weight is 340 g/mol. The fourth-order valence-corrected chi connectivity index (χ4v) is 3.71. The number of nitro groups is 1. The Balaban J connectivity index is 1.69. The van der Waals surface area contributed by atoms with E-state index in [1.54, 1.807) is 12.1 Å². The first kappa shape index (κ1) is 14.0. The first-order valence-corrected chi connectivity index (χ1v) is 7.81. The number of hydrogen-bond acceptors (Lipinski definition) is 4. The van der Waals surface area contributed by atoms with Gasteiger partial charge in [0.05, 0.1) is 9.40 Å². The molecular weight excluding hydrogens is 322 g/mol. The molecular formula is C14H18BrN3O2. The van der Waals surface area contributed by atoms with Gasteiger partial charge in [0.1, 0.15) is 0 Å². The van der Waals surface area contributed by atoms with E-state index >= 15 is 0 Å². The number of nitrogens with zero attached hydrogens (tertiary/aromatic N) is 2. The maximum atomic E-state index is 11.0. The van der Waals surface area contributed by atoms with E-state index in [0.29, 0.717) is 10.5 Å². The topological polar surface area (TPSA) is 58.4 Å². The van der Waals surface area contributed by atoms with Crippen LogP contribution < -0.4 is 5.32 Å². The Morgan fingerprint density at radius 3 is 3.05 bits per heavy atom. The van der Waals surface area contributed by atoms with E-state index in [4.69, 9.17) is 0 Å². The van der Waals surface area contributed by atoms with E-state index in [9.17, 15) is 10.1 Å². The number of likely N-dealkylation sites (tertiary alicyclic amines) is 1. The molecule has 1 N–H and O–H groups in total. The molecule has 0 saturated carbocycles. The number of piperidine rings is 1. The Bertz CT molecular complexity index is 509. The quantitative estimate of drug-likeness (QED) is 0.679. The summed E-state index contributed by atoms with van der Waals surface area (Å²) in [6.45, 7) is 4.07. The first-order chi connectivity index (χ1) is 9.63. The van der Waals surface area contributed by atoms with Gasteiger partial charge in [0.15, 0.2) is 0 Å². The second-order valence-electron chi connectivity index (χ2n) is 5.70. The average Bonchev–Trinajstić information content (AvgIpc) is 2.82. The van der Waals surface area contributed by atoms with Crippen molar-refractivity contribution >= 4 is 21.6 Å². The van der Waals surface area contributed by atoms with Crippen molar-refractivity contribution < 1.29 is 4.92 Å². The molecule has 3 rings (SSSR count). The molecule has 108 valence electrons. The largest absolute Gasteiger partial charge is 0.312 e. The highest BCUT2D eigenvalue weighted by Crippen LogP contribution is 2.29. The normalized spacial score (nSPS) is 26.4. The summed E-state index contributed by atoms with van der Waals surface area (Å²) in [6, 6.07) is 6.02. The SMILES string of the molecule is O=[N+]([O-])c1cc(CN2C[C@@H]3CCCN[C@@H]3C2)ccc1Br. The van der Waals surface area contributed by atoms with Crippen molar-refractivity contribution in [3.63, 3.8) is 0 Å². The second-order valence-corrected chi connectivity index (χ2v) is 6.55. The molecule has 0 amide bonds. The fraction of sp³-hybridized carbons (Fsp3) is 0.571. The summed E-state index contributed by atoms with van der Waals surface area (Å²) in [7, 11) is 0. The van der Waals surface area contributed by atoms with E-state index in [-0.39, 0.29) is 10.6 Å². The van der Waals surface area contributed by atoms with Crippen molar-refractivity contribution in [1.82, 2.24) is 10.2 Å². The highest BCUT2D eigenvalue weighted by molar-refractivity contribution is 9.10. The van der Waals surface area contributed by atoms with Gasteiger partial charge in [-0.2, -0.15) is 0 Å². The smallest absolute Gasteiger partial charge is 0.283 e. The molecule has 20 heavy (non-hydrogen) atoms. The molecule has 2 saturated heterocycles. The van der Waals surface area contributed by atoms with Crippen LogP contribution in [0.5, 0.6) is 0 Å². The Kier molecular flexibility index (Phi) is 4.05. The zero-order valence-corrected chi connectivity index (χ0v) is 12.8. The molecule has 2 aliphatic heterocycles. The molecule has 0 aromatic heterocycles. The lowest BCUT2D eigenvalue weighted by Gasteiger charge is -2.24. The van der Waals surface area contributed by atoms with Crippen LogP contribution in [0.25, 0.3) is 0 Å². The summed E-state index contributed by atoms with van der Waals surface area (Å²) in [5.41, 5.74) is 1.16. The summed E-state index contributed by atoms with van der Waals surface area (Å²) < 4.78 is 0.544. The molecule has 0 aliphatic carbocycles. The van der Waals surface area contributed by atoms with E-state index < -0.39 is 0 Å². The van der Waals surface area contributed by atoms with Crippen LogP contribution in [0.2, 0.25) is 0 Å². The molecule has 2 aliphatic rings. The summed E-state index contributed by atoms with van der Waals surface area (Å²) >= 11 is 3.23. The highest BCUT2D eigenvalue weighted by atomic mass is 79.9. The van der Waals surface area contributed by atoms with Gasteiger partial charge in [-0.1, -0.05) is 6.07 Å². The van der Waals surface area contributed by atoms with Gasteiger partial charge >= 0.3 is 0 Å². The molecule has 6 heteroatoms. The molecule has 1 aromatic carbocycles. The van der Waals surface area contributed by atoms with Gasteiger partial charge in [0.2, 0.25) is 0 Å². The molecule has 0 spiro atoms. The number of nitro benzene ring substituents is 1. The summed E-state index contributed by atoms with van der Waals surface area (Å²) in [4.78, 5) is 13.0. The predicted molar refractivity (Wildman–Crippen MR) is 80.6 cm³/mol. The van der Waals surface area contributed by atoms with E-state index in [2.05, 4.69) is 26.1 Å². The summed E-state index contributed by atoms with van der Waals surface area (Å²) in [5, 5.41) is 14.5. The number of hydrogen-bond donors (Lipinski definition) is 1. The van der Waals surface area contributed by atoms with E-state index in [1.165, 1.54) is 12.8 Å². The van der Waals surface area contributed by atoms with Crippen molar-refractivity contribution in [2.45, 2.75) is 25.4 Å². The van der Waals surface area contributed by atoms with Crippen LogP contribution >= 0.6 is 15.9 Å². The van der Waals surface area contributed by atoms with Gasteiger partial charge in [-0.3, -0.25) is 15.0 Å². The van der Waals surface area contributed by atoms with Gasteiger partial charge in [-0.05, 0) is 52.9 Å². The van der Waals surface area contributed by atoms with Crippen molar-refractivity contribution in [2.24, 2.45) is 5.92 Å². The minimum Gasteiger partial charge on any atom is -0.312 e. The second kappa shape index (κ2) is 5.79. The van der Waals surface area contributed by atoms with Crippen LogP contribution in [0, 0.1) is 16.0 Å². The molecule has 2 atom stereocenters. The first-order valence-electron chi connectivity index (χ1n) is 7.02. The molecule has 0 bridgehead atoms. The molecule has 0 radical (unpaired) electrons. The lowest BCUT2D eigenvalue weighted by atomic mass is 9.94. The number of halogens is 1. The number of rotatable bonds is 3. The Labute approximate surface area is 126 Å². The van der Waals surface area contributed by atoms with Gasteiger partial charge < -0.3 is 5.32 Å². The third-order valence-corrected chi connectivity index (χ3v) is 4.96. The van der Waals surface area contributed by atoms with Crippen LogP contribution in [0.4, 0.5) is 5.69 Å². The van der Waals surface area contributed by atoms with Gasteiger partial charge in [-0.15, -0.1) is 0 Å². The van der Waals surface area contributed by atoms with Crippen LogP contribution in [-0.4, -0.2) is 35.5 Å². The van der Waals surface area contributed by atoms with Crippen LogP contribution in [0.1, 0.15) is 18.4 Å². The van der Waals surface area contributed by atoms with Gasteiger partial charge in [0.25, 0.3) is 5.69 Å². The zero-order valence-electron chi connectivity index (χ0n) is 11.2. The molecule has 1 aromatic rings. The third-order valence-electron chi connectivity index (χ3n) is 4.29. The zero-order chi connectivity index (χ0) is 14.1. The standard InChI is InChI=1S/C14H18BrN3O2/c15-12-4-3-10(6-14(12)18(19)20)7-17-8-11-2-1-5-16-13(11)9-17/h3-4,6,11,13,16H,1-2,5,7-9H2/t11-,13+/m0/s1. The summed E-state index contributed by atoms with van der Waals surface area (Å²) in [6.07, 6.45) is 2.56. The van der Waals surface area contributed by atoms with Crippen LogP contribution in [-0.2, 0) is 6.54 Å². The van der Waals surface area contributed by atoms with Gasteiger partial charge in [0, 0.05) is 31.7 Å². The Morgan fingerprint density at radius 1 is 1.45 bits per heavy atom. The number of fused-ring (bicyclic) bond motifs is 1. The highest BCUT2D eigenvalue weighted by Gasteiger charge is 2.34. The maximum Gasteiger partial charge on any atom is 0.283 e. The van der Waals surface area contributed by atoms with Crippen molar-refractivity contribution in [1.29, 1.82) is 0 Å². The Hall–Kier alpha value is -0.980. The monoisotopic (exact) mass is 339 g/mol. The summed E-state index contributed by atoms with van der Waals surface area (Å²) in [5.74, 6) is 0.745. The number of nitrogens with one attached hydrogen (secondary N) is 1. The van der Waals surface area contributed by atoms with Crippen molar-refractivity contribution in [2.75, 3.05) is 19.6 Å². The van der Waals surface area contributed by atoms with Crippen molar-refractivity contribution in [3.8, 4) is 0 Å². The van der Waals surface area contributed by atoms with Gasteiger partial charge in [-0.25, -0.2) is 0 Å². The Morgan fingerprint density at radius 2 is 2.30 bits per heavy atom. The lowest BCUT2D eigenvalue weighted by Crippen LogP contribution is -2.40. The molecule has 2 heterocycles. The lowest BCUT2D eigenvalue weighted by molar-refractivity contribution is -0.385. The molecule has 2 fully saturated rings. The van der Waals surface area contributed by atoms with E-state index in [0.717, 1.165) is 37.7 Å². The fourth-order valence-electron chi connectivity index (χ4n) is 3.32. The van der Waals surface area contributed by atoms with Crippen molar-refractivity contribution in [3.05, 3.63) is 38.3 Å². The van der Waals surface area contributed by atoms with Crippen LogP contribution in [0.15, 0.2) is 22.7 Å². The molecule has 0 unspecified atom stereocenters. The molecule has 5 nitrogen and oxygen atoms in total.